The molecule has 2 saturated heterocycles. The number of carbonyl (C=O) groups is 1. The van der Waals surface area contributed by atoms with Crippen molar-refractivity contribution in [2.45, 2.75) is 52.1 Å². The molecule has 156 valence electrons. The number of carbonyl (C=O) groups excluding carboxylic acids is 1. The van der Waals surface area contributed by atoms with Gasteiger partial charge in [0.2, 0.25) is 5.88 Å². The van der Waals surface area contributed by atoms with Crippen LogP contribution in [0.4, 0.5) is 16.2 Å². The lowest BCUT2D eigenvalue weighted by molar-refractivity contribution is 0.204. The van der Waals surface area contributed by atoms with Gasteiger partial charge in [-0.1, -0.05) is 0 Å². The quantitative estimate of drug-likeness (QED) is 0.852. The first kappa shape index (κ1) is 19.8. The van der Waals surface area contributed by atoms with Crippen LogP contribution >= 0.6 is 0 Å². The number of benzene rings is 1. The molecular weight excluding hydrogens is 366 g/mol. The SMILES string of the molecule is Cc1cc(N2CC[C@H](N3CCC[C@@H]3C)C2)ccc1NC(=O)Oc1cc(C)n(C)n1. The summed E-state index contributed by atoms with van der Waals surface area (Å²) in [7, 11) is 1.82. The molecule has 0 bridgehead atoms. The first-order valence-corrected chi connectivity index (χ1v) is 10.5. The van der Waals surface area contributed by atoms with Crippen LogP contribution in [0.2, 0.25) is 0 Å². The highest BCUT2D eigenvalue weighted by atomic mass is 16.6. The second kappa shape index (κ2) is 8.06. The van der Waals surface area contributed by atoms with Gasteiger partial charge in [0, 0.05) is 55.4 Å². The summed E-state index contributed by atoms with van der Waals surface area (Å²) in [5.74, 6) is 0.302. The molecule has 1 aromatic carbocycles. The monoisotopic (exact) mass is 397 g/mol. The Kier molecular flexibility index (Phi) is 5.50. The normalized spacial score (nSPS) is 22.3. The van der Waals surface area contributed by atoms with Crippen LogP contribution in [0.3, 0.4) is 0 Å². The molecule has 1 aromatic heterocycles. The zero-order chi connectivity index (χ0) is 20.5. The number of hydrogen-bond donors (Lipinski definition) is 1. The molecule has 0 radical (unpaired) electrons. The van der Waals surface area contributed by atoms with Crippen LogP contribution in [0.15, 0.2) is 24.3 Å². The third kappa shape index (κ3) is 4.24. The number of aromatic nitrogens is 2. The highest BCUT2D eigenvalue weighted by molar-refractivity contribution is 5.87. The van der Waals surface area contributed by atoms with Crippen molar-refractivity contribution in [3.8, 4) is 5.88 Å². The number of anilines is 2. The summed E-state index contributed by atoms with van der Waals surface area (Å²) >= 11 is 0. The van der Waals surface area contributed by atoms with Gasteiger partial charge >= 0.3 is 6.09 Å². The molecule has 0 spiro atoms. The lowest BCUT2D eigenvalue weighted by atomic mass is 10.1. The van der Waals surface area contributed by atoms with Gasteiger partial charge in [-0.3, -0.25) is 14.9 Å². The molecule has 29 heavy (non-hydrogen) atoms. The standard InChI is InChI=1S/C22H31N5O2/c1-15-12-18(26-11-9-19(14-26)27-10-5-6-16(27)2)7-8-20(15)23-22(28)29-21-13-17(3)25(4)24-21/h7-8,12-13,16,19H,5-6,9-11,14H2,1-4H3,(H,23,28)/t16-,19-/m0/s1. The number of nitrogens with one attached hydrogen (secondary N) is 1. The highest BCUT2D eigenvalue weighted by Gasteiger charge is 2.33. The Balaban J connectivity index is 1.37. The third-order valence-electron chi connectivity index (χ3n) is 6.34. The van der Waals surface area contributed by atoms with Crippen LogP contribution in [0.1, 0.15) is 37.4 Å². The van der Waals surface area contributed by atoms with Gasteiger partial charge < -0.3 is 9.64 Å². The number of nitrogens with zero attached hydrogens (tertiary/aromatic N) is 4. The van der Waals surface area contributed by atoms with Gasteiger partial charge in [0.15, 0.2) is 0 Å². The highest BCUT2D eigenvalue weighted by Crippen LogP contribution is 2.30. The van der Waals surface area contributed by atoms with Crippen LogP contribution < -0.4 is 15.0 Å². The number of ether oxygens (including phenoxy) is 1. The van der Waals surface area contributed by atoms with E-state index in [4.69, 9.17) is 4.74 Å². The van der Waals surface area contributed by atoms with Gasteiger partial charge in [0.1, 0.15) is 0 Å². The van der Waals surface area contributed by atoms with E-state index < -0.39 is 6.09 Å². The fraction of sp³-hybridized carbons (Fsp3) is 0.545. The van der Waals surface area contributed by atoms with Crippen LogP contribution in [0.25, 0.3) is 0 Å². The zero-order valence-electron chi connectivity index (χ0n) is 17.8. The Hall–Kier alpha value is -2.54. The Morgan fingerprint density at radius 2 is 2.03 bits per heavy atom. The molecule has 1 N–H and O–H groups in total. The first-order valence-electron chi connectivity index (χ1n) is 10.5. The second-order valence-corrected chi connectivity index (χ2v) is 8.38. The Morgan fingerprint density at radius 3 is 2.69 bits per heavy atom. The zero-order valence-corrected chi connectivity index (χ0v) is 17.8. The van der Waals surface area contributed by atoms with Crippen molar-refractivity contribution in [2.24, 2.45) is 7.05 Å². The predicted molar refractivity (Wildman–Crippen MR) is 115 cm³/mol. The van der Waals surface area contributed by atoms with E-state index in [0.29, 0.717) is 18.0 Å². The Morgan fingerprint density at radius 1 is 1.21 bits per heavy atom. The molecule has 2 aliphatic heterocycles. The van der Waals surface area contributed by atoms with Crippen molar-refractivity contribution in [2.75, 3.05) is 29.9 Å². The van der Waals surface area contributed by atoms with Crippen molar-refractivity contribution < 1.29 is 9.53 Å². The summed E-state index contributed by atoms with van der Waals surface area (Å²) in [6.45, 7) is 9.68. The fourth-order valence-corrected chi connectivity index (χ4v) is 4.54. The molecular formula is C22H31N5O2. The van der Waals surface area contributed by atoms with Crippen LogP contribution in [-0.2, 0) is 7.05 Å². The van der Waals surface area contributed by atoms with Gasteiger partial charge in [-0.15, -0.1) is 5.10 Å². The minimum atomic E-state index is -0.525. The Labute approximate surface area is 172 Å². The third-order valence-corrected chi connectivity index (χ3v) is 6.34. The largest absolute Gasteiger partial charge is 0.418 e. The van der Waals surface area contributed by atoms with Crippen molar-refractivity contribution >= 4 is 17.5 Å². The smallest absolute Gasteiger partial charge is 0.389 e. The molecule has 2 aromatic rings. The average molecular weight is 398 g/mol. The summed E-state index contributed by atoms with van der Waals surface area (Å²) in [4.78, 5) is 17.4. The van der Waals surface area contributed by atoms with Crippen molar-refractivity contribution in [3.63, 3.8) is 0 Å². The topological polar surface area (TPSA) is 62.6 Å². The molecule has 7 nitrogen and oxygen atoms in total. The molecule has 1 amide bonds. The molecule has 0 saturated carbocycles. The molecule has 2 aliphatic rings. The fourth-order valence-electron chi connectivity index (χ4n) is 4.54. The lowest BCUT2D eigenvalue weighted by Gasteiger charge is -2.28. The number of amides is 1. The summed E-state index contributed by atoms with van der Waals surface area (Å²) in [6.07, 6.45) is 3.34. The molecule has 0 unspecified atom stereocenters. The number of hydrogen-bond acceptors (Lipinski definition) is 5. The van der Waals surface area contributed by atoms with Crippen LogP contribution in [0, 0.1) is 13.8 Å². The van der Waals surface area contributed by atoms with E-state index in [1.807, 2.05) is 27.0 Å². The predicted octanol–water partition coefficient (Wildman–Crippen LogP) is 3.71. The maximum absolute atomic E-state index is 12.2. The van der Waals surface area contributed by atoms with E-state index in [-0.39, 0.29) is 0 Å². The average Bonchev–Trinajstić information content (AvgIpc) is 3.38. The van der Waals surface area contributed by atoms with E-state index >= 15 is 0 Å². The summed E-state index contributed by atoms with van der Waals surface area (Å²) in [5, 5.41) is 6.98. The summed E-state index contributed by atoms with van der Waals surface area (Å²) in [5.41, 5.74) is 3.93. The van der Waals surface area contributed by atoms with Crippen molar-refractivity contribution in [1.29, 1.82) is 0 Å². The Bertz CT molecular complexity index is 874. The number of aryl methyl sites for hydroxylation is 3. The van der Waals surface area contributed by atoms with Crippen LogP contribution in [0.5, 0.6) is 5.88 Å². The summed E-state index contributed by atoms with van der Waals surface area (Å²) in [6, 6.07) is 9.30. The van der Waals surface area contributed by atoms with E-state index in [0.717, 1.165) is 30.0 Å². The molecule has 7 heteroatoms. The van der Waals surface area contributed by atoms with Crippen molar-refractivity contribution in [1.82, 2.24) is 14.7 Å². The maximum Gasteiger partial charge on any atom is 0.418 e. The molecule has 2 fully saturated rings. The van der Waals surface area contributed by atoms with E-state index in [1.165, 1.54) is 31.5 Å². The number of likely N-dealkylation sites (tertiary alicyclic amines) is 1. The minimum Gasteiger partial charge on any atom is -0.389 e. The number of rotatable bonds is 4. The second-order valence-electron chi connectivity index (χ2n) is 8.38. The lowest BCUT2D eigenvalue weighted by Crippen LogP contribution is -2.39. The van der Waals surface area contributed by atoms with E-state index in [1.54, 1.807) is 10.7 Å². The van der Waals surface area contributed by atoms with Gasteiger partial charge in [0.25, 0.3) is 0 Å². The molecule has 2 atom stereocenters. The van der Waals surface area contributed by atoms with Gasteiger partial charge in [-0.25, -0.2) is 4.79 Å². The molecule has 3 heterocycles. The van der Waals surface area contributed by atoms with E-state index in [9.17, 15) is 4.79 Å². The molecule has 4 rings (SSSR count). The van der Waals surface area contributed by atoms with Gasteiger partial charge in [0.05, 0.1) is 0 Å². The summed E-state index contributed by atoms with van der Waals surface area (Å²) < 4.78 is 6.96. The first-order chi connectivity index (χ1) is 13.9. The minimum absolute atomic E-state index is 0.302. The van der Waals surface area contributed by atoms with Crippen molar-refractivity contribution in [3.05, 3.63) is 35.5 Å². The van der Waals surface area contributed by atoms with E-state index in [2.05, 4.69) is 39.3 Å². The van der Waals surface area contributed by atoms with Gasteiger partial charge in [-0.05, 0) is 70.3 Å². The maximum atomic E-state index is 12.2. The van der Waals surface area contributed by atoms with Gasteiger partial charge in [-0.2, -0.15) is 0 Å². The molecule has 0 aliphatic carbocycles. The van der Waals surface area contributed by atoms with Crippen LogP contribution in [-0.4, -0.2) is 52.5 Å².